The molecule has 0 aliphatic rings. The van der Waals surface area contributed by atoms with Gasteiger partial charge in [-0.25, -0.2) is 0 Å². The molecule has 0 saturated heterocycles. The van der Waals surface area contributed by atoms with Gasteiger partial charge in [0.05, 0.1) is 13.2 Å². The van der Waals surface area contributed by atoms with Crippen LogP contribution < -0.4 is 0 Å². The van der Waals surface area contributed by atoms with Crippen LogP contribution in [-0.2, 0) is 14.3 Å². The lowest BCUT2D eigenvalue weighted by molar-refractivity contribution is -0.154. The summed E-state index contributed by atoms with van der Waals surface area (Å²) in [5, 5.41) is 9.60. The van der Waals surface area contributed by atoms with Crippen molar-refractivity contribution in [2.24, 2.45) is 0 Å². The normalized spacial score (nSPS) is 13.3. The Morgan fingerprint density at radius 2 is 0.849 bits per heavy atom. The highest BCUT2D eigenvalue weighted by Crippen LogP contribution is 2.12. The Balaban J connectivity index is 3.59. The Kier molecular flexibility index (Phi) is 43.2. The predicted molar refractivity (Wildman–Crippen MR) is 232 cm³/mol. The molecule has 0 aliphatic heterocycles. The van der Waals surface area contributed by atoms with E-state index in [0.29, 0.717) is 13.0 Å². The van der Waals surface area contributed by atoms with Crippen molar-refractivity contribution in [3.05, 3.63) is 97.2 Å². The van der Waals surface area contributed by atoms with Crippen molar-refractivity contribution < 1.29 is 19.4 Å². The Hall–Kier alpha value is -2.69. The number of hydrogen-bond acceptors (Lipinski definition) is 4. The van der Waals surface area contributed by atoms with Gasteiger partial charge >= 0.3 is 5.97 Å². The van der Waals surface area contributed by atoms with Crippen LogP contribution in [0.5, 0.6) is 0 Å². The molecule has 0 aromatic carbocycles. The molecule has 1 N–H and O–H groups in total. The molecule has 0 radical (unpaired) electrons. The fourth-order valence-corrected chi connectivity index (χ4v) is 5.65. The second-order valence-electron chi connectivity index (χ2n) is 14.0. The van der Waals surface area contributed by atoms with Crippen LogP contribution in [0.15, 0.2) is 97.2 Å². The van der Waals surface area contributed by atoms with Gasteiger partial charge in [0.25, 0.3) is 0 Å². The Bertz CT molecular complexity index is 996. The SMILES string of the molecule is CC/C=C\C/C=C\C/C=C\C/C=C\C/C=C\C/C=C\C/C=C\CCCCOCC(CO)OC(=O)CCCCCCCCC/C=C\CCCCCCCC. The maximum atomic E-state index is 12.2. The average Bonchev–Trinajstić information content (AvgIpc) is 3.16. The number of ether oxygens (including phenoxy) is 2. The van der Waals surface area contributed by atoms with Gasteiger partial charge in [0.1, 0.15) is 6.10 Å². The topological polar surface area (TPSA) is 55.8 Å². The number of esters is 1. The van der Waals surface area contributed by atoms with Crippen LogP contribution in [0, 0.1) is 0 Å². The molecule has 0 aromatic heterocycles. The van der Waals surface area contributed by atoms with Crippen molar-refractivity contribution in [3.63, 3.8) is 0 Å². The highest BCUT2D eigenvalue weighted by Gasteiger charge is 2.13. The van der Waals surface area contributed by atoms with E-state index in [2.05, 4.69) is 111 Å². The molecule has 4 nitrogen and oxygen atoms in total. The Labute approximate surface area is 328 Å². The fraction of sp³-hybridized carbons (Fsp3) is 0.653. The number of carbonyl (C=O) groups is 1. The summed E-state index contributed by atoms with van der Waals surface area (Å²) in [6.45, 7) is 5.11. The number of aliphatic hydroxyl groups excluding tert-OH is 1. The van der Waals surface area contributed by atoms with Gasteiger partial charge in [0.2, 0.25) is 0 Å². The number of hydrogen-bond donors (Lipinski definition) is 1. The average molecular weight is 735 g/mol. The van der Waals surface area contributed by atoms with Gasteiger partial charge in [0, 0.05) is 13.0 Å². The van der Waals surface area contributed by atoms with Crippen LogP contribution in [-0.4, -0.2) is 37.0 Å². The van der Waals surface area contributed by atoms with E-state index in [9.17, 15) is 9.90 Å². The van der Waals surface area contributed by atoms with Crippen molar-refractivity contribution in [3.8, 4) is 0 Å². The minimum absolute atomic E-state index is 0.197. The van der Waals surface area contributed by atoms with Crippen molar-refractivity contribution in [1.29, 1.82) is 0 Å². The van der Waals surface area contributed by atoms with Gasteiger partial charge in [-0.05, 0) is 96.3 Å². The maximum Gasteiger partial charge on any atom is 0.306 e. The van der Waals surface area contributed by atoms with Crippen molar-refractivity contribution in [1.82, 2.24) is 0 Å². The van der Waals surface area contributed by atoms with Gasteiger partial charge in [-0.3, -0.25) is 4.79 Å². The summed E-state index contributed by atoms with van der Waals surface area (Å²) in [6, 6.07) is 0. The van der Waals surface area contributed by atoms with Gasteiger partial charge in [-0.15, -0.1) is 0 Å². The molecule has 0 saturated carbocycles. The van der Waals surface area contributed by atoms with Gasteiger partial charge < -0.3 is 14.6 Å². The van der Waals surface area contributed by atoms with Crippen molar-refractivity contribution in [2.75, 3.05) is 19.8 Å². The zero-order valence-corrected chi connectivity index (χ0v) is 34.5. The molecular formula is C49H82O4. The Morgan fingerprint density at radius 3 is 1.30 bits per heavy atom. The first-order chi connectivity index (χ1) is 26.2. The molecule has 302 valence electrons. The first-order valence-corrected chi connectivity index (χ1v) is 21.8. The van der Waals surface area contributed by atoms with Crippen LogP contribution >= 0.6 is 0 Å². The third kappa shape index (κ3) is 43.6. The highest BCUT2D eigenvalue weighted by atomic mass is 16.6. The van der Waals surface area contributed by atoms with E-state index in [1.54, 1.807) is 0 Å². The summed E-state index contributed by atoms with van der Waals surface area (Å²) < 4.78 is 11.1. The van der Waals surface area contributed by atoms with E-state index in [1.165, 1.54) is 83.5 Å². The zero-order chi connectivity index (χ0) is 38.4. The molecule has 0 aliphatic carbocycles. The molecule has 1 atom stereocenters. The summed E-state index contributed by atoms with van der Waals surface area (Å²) in [7, 11) is 0. The first kappa shape index (κ1) is 50.3. The van der Waals surface area contributed by atoms with Crippen molar-refractivity contribution >= 4 is 5.97 Å². The molecule has 0 rings (SSSR count). The Morgan fingerprint density at radius 1 is 0.472 bits per heavy atom. The summed E-state index contributed by atoms with van der Waals surface area (Å²) >= 11 is 0. The fourth-order valence-electron chi connectivity index (χ4n) is 5.65. The van der Waals surface area contributed by atoms with E-state index in [-0.39, 0.29) is 19.2 Å². The molecular weight excluding hydrogens is 653 g/mol. The van der Waals surface area contributed by atoms with Crippen LogP contribution in [0.4, 0.5) is 0 Å². The molecule has 0 bridgehead atoms. The molecule has 4 heteroatoms. The van der Waals surface area contributed by atoms with Crippen molar-refractivity contribution in [2.45, 2.75) is 187 Å². The monoisotopic (exact) mass is 735 g/mol. The van der Waals surface area contributed by atoms with Crippen LogP contribution in [0.1, 0.15) is 181 Å². The van der Waals surface area contributed by atoms with Gasteiger partial charge in [0.15, 0.2) is 0 Å². The van der Waals surface area contributed by atoms with Crippen LogP contribution in [0.2, 0.25) is 0 Å². The molecule has 0 amide bonds. The number of carbonyl (C=O) groups excluding carboxylic acids is 1. The largest absolute Gasteiger partial charge is 0.457 e. The number of unbranched alkanes of at least 4 members (excludes halogenated alkanes) is 15. The zero-order valence-electron chi connectivity index (χ0n) is 34.5. The van der Waals surface area contributed by atoms with Gasteiger partial charge in [-0.2, -0.15) is 0 Å². The molecule has 0 fully saturated rings. The third-order valence-electron chi connectivity index (χ3n) is 8.89. The first-order valence-electron chi connectivity index (χ1n) is 21.8. The maximum absolute atomic E-state index is 12.2. The number of aliphatic hydroxyl groups is 1. The van der Waals surface area contributed by atoms with E-state index in [4.69, 9.17) is 9.47 Å². The molecule has 0 aromatic rings. The van der Waals surface area contributed by atoms with E-state index < -0.39 is 6.10 Å². The van der Waals surface area contributed by atoms with Crippen LogP contribution in [0.25, 0.3) is 0 Å². The van der Waals surface area contributed by atoms with E-state index in [0.717, 1.165) is 77.0 Å². The molecule has 1 unspecified atom stereocenters. The smallest absolute Gasteiger partial charge is 0.306 e. The standard InChI is InChI=1S/C49H82O4/c1-3-5-7-9-11-13-15-17-19-21-22-23-24-25-26-27-29-31-33-35-37-39-41-43-45-52-47-48(46-50)53-49(51)44-42-40-38-36-34-32-30-28-20-18-16-14-12-10-8-6-4-2/h5,7,11,13,17-20,22-23,25-26,29,31,35,37,48,50H,3-4,6,8-10,12,14-16,21,24,27-28,30,32-34,36,38-47H2,1-2H3/b7-5-,13-11-,19-17-,20-18-,23-22-,26-25-,31-29-,37-35-. The minimum atomic E-state index is -0.566. The predicted octanol–water partition coefficient (Wildman–Crippen LogP) is 14.5. The summed E-state index contributed by atoms with van der Waals surface area (Å²) in [4.78, 5) is 12.2. The lowest BCUT2D eigenvalue weighted by Crippen LogP contribution is -2.27. The summed E-state index contributed by atoms with van der Waals surface area (Å²) in [5.74, 6) is -0.225. The number of rotatable bonds is 39. The molecule has 0 spiro atoms. The lowest BCUT2D eigenvalue weighted by atomic mass is 10.1. The van der Waals surface area contributed by atoms with E-state index >= 15 is 0 Å². The summed E-state index contributed by atoms with van der Waals surface area (Å²) in [6.07, 6.45) is 64.7. The third-order valence-corrected chi connectivity index (χ3v) is 8.89. The lowest BCUT2D eigenvalue weighted by Gasteiger charge is -2.15. The highest BCUT2D eigenvalue weighted by molar-refractivity contribution is 5.69. The van der Waals surface area contributed by atoms with Gasteiger partial charge in [-0.1, -0.05) is 175 Å². The minimum Gasteiger partial charge on any atom is -0.457 e. The number of allylic oxidation sites excluding steroid dienone is 16. The summed E-state index contributed by atoms with van der Waals surface area (Å²) in [5.41, 5.74) is 0. The molecule has 0 heterocycles. The second-order valence-corrected chi connectivity index (χ2v) is 14.0. The van der Waals surface area contributed by atoms with Crippen LogP contribution in [0.3, 0.4) is 0 Å². The van der Waals surface area contributed by atoms with E-state index in [1.807, 2.05) is 0 Å². The second kappa shape index (κ2) is 45.5. The quantitative estimate of drug-likeness (QED) is 0.0388. The molecule has 53 heavy (non-hydrogen) atoms.